The molecule has 1 N–H and O–H groups in total. The second-order valence-electron chi connectivity index (χ2n) is 5.42. The van der Waals surface area contributed by atoms with Crippen molar-refractivity contribution in [3.8, 4) is 0 Å². The molecule has 0 aliphatic carbocycles. The van der Waals surface area contributed by atoms with Crippen molar-refractivity contribution in [2.75, 3.05) is 26.2 Å². The molecule has 20 heavy (non-hydrogen) atoms. The lowest BCUT2D eigenvalue weighted by Gasteiger charge is -2.26. The summed E-state index contributed by atoms with van der Waals surface area (Å²) < 4.78 is 7.19. The normalized spacial score (nSPS) is 16.6. The Labute approximate surface area is 118 Å². The Kier molecular flexibility index (Phi) is 3.78. The highest BCUT2D eigenvalue weighted by Gasteiger charge is 2.15. The third-order valence-corrected chi connectivity index (χ3v) is 4.06. The number of carbonyl (C=O) groups is 1. The lowest BCUT2D eigenvalue weighted by Crippen LogP contribution is -2.38. The van der Waals surface area contributed by atoms with E-state index in [1.165, 1.54) is 19.3 Å². The summed E-state index contributed by atoms with van der Waals surface area (Å²) in [5.74, 6) is -0.0316. The van der Waals surface area contributed by atoms with Gasteiger partial charge in [0.25, 0.3) is 5.91 Å². The first-order valence-electron chi connectivity index (χ1n) is 7.29. The molecule has 1 aliphatic heterocycles. The molecule has 3 heterocycles. The van der Waals surface area contributed by atoms with Gasteiger partial charge in [-0.05, 0) is 25.9 Å². The van der Waals surface area contributed by atoms with Crippen LogP contribution in [0.2, 0.25) is 0 Å². The van der Waals surface area contributed by atoms with E-state index in [0.717, 1.165) is 30.7 Å². The third-order valence-electron chi connectivity index (χ3n) is 4.06. The number of likely N-dealkylation sites (tertiary alicyclic amines) is 1. The Hall–Kier alpha value is -1.75. The van der Waals surface area contributed by atoms with E-state index in [2.05, 4.69) is 10.2 Å². The van der Waals surface area contributed by atoms with Gasteiger partial charge < -0.3 is 19.2 Å². The van der Waals surface area contributed by atoms with Crippen molar-refractivity contribution < 1.29 is 9.21 Å². The Morgan fingerprint density at radius 3 is 2.90 bits per heavy atom. The van der Waals surface area contributed by atoms with E-state index in [0.29, 0.717) is 12.2 Å². The molecule has 1 aliphatic rings. The van der Waals surface area contributed by atoms with Gasteiger partial charge in [-0.1, -0.05) is 6.42 Å². The number of hydrogen-bond acceptors (Lipinski definition) is 3. The summed E-state index contributed by atoms with van der Waals surface area (Å²) in [5.41, 5.74) is 2.36. The summed E-state index contributed by atoms with van der Waals surface area (Å²) >= 11 is 0. The maximum Gasteiger partial charge on any atom is 0.268 e. The van der Waals surface area contributed by atoms with E-state index in [1.807, 2.05) is 17.7 Å². The summed E-state index contributed by atoms with van der Waals surface area (Å²) in [7, 11) is 1.89. The Morgan fingerprint density at radius 2 is 2.15 bits per heavy atom. The van der Waals surface area contributed by atoms with Gasteiger partial charge in [0.15, 0.2) is 5.58 Å². The van der Waals surface area contributed by atoms with Crippen LogP contribution in [0, 0.1) is 0 Å². The standard InChI is InChI=1S/C15H21N3O2/c1-17-12-5-10-20-14(12)11-13(17)15(19)16-6-9-18-7-3-2-4-8-18/h5,10-11H,2-4,6-9H2,1H3,(H,16,19). The van der Waals surface area contributed by atoms with Crippen LogP contribution < -0.4 is 5.32 Å². The van der Waals surface area contributed by atoms with Crippen LogP contribution >= 0.6 is 0 Å². The van der Waals surface area contributed by atoms with Gasteiger partial charge in [-0.15, -0.1) is 0 Å². The van der Waals surface area contributed by atoms with Crippen LogP contribution in [0.25, 0.3) is 11.1 Å². The molecule has 0 bridgehead atoms. The number of furan rings is 1. The van der Waals surface area contributed by atoms with E-state index in [9.17, 15) is 4.79 Å². The quantitative estimate of drug-likeness (QED) is 0.928. The molecule has 1 fully saturated rings. The maximum absolute atomic E-state index is 12.2. The van der Waals surface area contributed by atoms with Gasteiger partial charge in [0.1, 0.15) is 5.69 Å². The number of fused-ring (bicyclic) bond motifs is 1. The van der Waals surface area contributed by atoms with Crippen molar-refractivity contribution in [1.82, 2.24) is 14.8 Å². The number of nitrogens with zero attached hydrogens (tertiary/aromatic N) is 2. The number of rotatable bonds is 4. The molecule has 3 rings (SSSR count). The molecule has 0 radical (unpaired) electrons. The fraction of sp³-hybridized carbons (Fsp3) is 0.533. The van der Waals surface area contributed by atoms with E-state index in [-0.39, 0.29) is 5.91 Å². The summed E-state index contributed by atoms with van der Waals surface area (Å²) in [5, 5.41) is 2.99. The predicted octanol–water partition coefficient (Wildman–Crippen LogP) is 1.99. The minimum absolute atomic E-state index is 0.0316. The van der Waals surface area contributed by atoms with Gasteiger partial charge in [0.2, 0.25) is 0 Å². The van der Waals surface area contributed by atoms with Gasteiger partial charge in [-0.2, -0.15) is 0 Å². The van der Waals surface area contributed by atoms with Crippen LogP contribution in [0.3, 0.4) is 0 Å². The molecule has 5 nitrogen and oxygen atoms in total. The molecule has 0 saturated carbocycles. The number of nitrogens with one attached hydrogen (secondary N) is 1. The number of carbonyl (C=O) groups excluding carboxylic acids is 1. The molecule has 2 aromatic rings. The van der Waals surface area contributed by atoms with Crippen LogP contribution in [0.1, 0.15) is 29.8 Å². The lowest BCUT2D eigenvalue weighted by atomic mass is 10.1. The zero-order valence-electron chi connectivity index (χ0n) is 11.9. The van der Waals surface area contributed by atoms with Crippen molar-refractivity contribution in [3.05, 3.63) is 24.1 Å². The summed E-state index contributed by atoms with van der Waals surface area (Å²) in [6.45, 7) is 3.96. The zero-order chi connectivity index (χ0) is 13.9. The van der Waals surface area contributed by atoms with Gasteiger partial charge >= 0.3 is 0 Å². The summed E-state index contributed by atoms with van der Waals surface area (Å²) in [6.07, 6.45) is 5.54. The van der Waals surface area contributed by atoms with Gasteiger partial charge in [0, 0.05) is 32.3 Å². The molecule has 1 amide bonds. The molecule has 5 heteroatoms. The molecule has 0 spiro atoms. The van der Waals surface area contributed by atoms with Crippen molar-refractivity contribution in [3.63, 3.8) is 0 Å². The zero-order valence-corrected chi connectivity index (χ0v) is 11.9. The fourth-order valence-electron chi connectivity index (χ4n) is 2.87. The first kappa shape index (κ1) is 13.2. The van der Waals surface area contributed by atoms with Crippen LogP contribution in [-0.2, 0) is 7.05 Å². The third kappa shape index (κ3) is 2.58. The smallest absolute Gasteiger partial charge is 0.268 e. The highest BCUT2D eigenvalue weighted by atomic mass is 16.3. The minimum Gasteiger partial charge on any atom is -0.463 e. The highest BCUT2D eigenvalue weighted by molar-refractivity contribution is 5.97. The Morgan fingerprint density at radius 1 is 1.35 bits per heavy atom. The van der Waals surface area contributed by atoms with Crippen molar-refractivity contribution in [2.45, 2.75) is 19.3 Å². The molecular formula is C15H21N3O2. The molecule has 0 atom stereocenters. The fourth-order valence-corrected chi connectivity index (χ4v) is 2.87. The Balaban J connectivity index is 1.56. The van der Waals surface area contributed by atoms with E-state index < -0.39 is 0 Å². The molecule has 0 aromatic carbocycles. The molecule has 108 valence electrons. The topological polar surface area (TPSA) is 50.4 Å². The Bertz CT molecular complexity index is 593. The van der Waals surface area contributed by atoms with E-state index in [4.69, 9.17) is 4.42 Å². The van der Waals surface area contributed by atoms with Crippen molar-refractivity contribution in [1.29, 1.82) is 0 Å². The monoisotopic (exact) mass is 275 g/mol. The van der Waals surface area contributed by atoms with Crippen LogP contribution in [0.4, 0.5) is 0 Å². The first-order chi connectivity index (χ1) is 9.75. The number of aryl methyl sites for hydroxylation is 1. The SMILES string of the molecule is Cn1c(C(=O)NCCN2CCCCC2)cc2occc21. The maximum atomic E-state index is 12.2. The number of piperidine rings is 1. The largest absolute Gasteiger partial charge is 0.463 e. The van der Waals surface area contributed by atoms with Crippen molar-refractivity contribution in [2.24, 2.45) is 7.05 Å². The lowest BCUT2D eigenvalue weighted by molar-refractivity contribution is 0.0939. The molecular weight excluding hydrogens is 254 g/mol. The number of amides is 1. The van der Waals surface area contributed by atoms with E-state index >= 15 is 0 Å². The highest BCUT2D eigenvalue weighted by Crippen LogP contribution is 2.19. The van der Waals surface area contributed by atoms with Crippen LogP contribution in [-0.4, -0.2) is 41.6 Å². The van der Waals surface area contributed by atoms with Crippen LogP contribution in [0.15, 0.2) is 22.8 Å². The van der Waals surface area contributed by atoms with E-state index in [1.54, 1.807) is 12.3 Å². The number of hydrogen-bond donors (Lipinski definition) is 1. The van der Waals surface area contributed by atoms with Gasteiger partial charge in [-0.25, -0.2) is 0 Å². The average molecular weight is 275 g/mol. The predicted molar refractivity (Wildman–Crippen MR) is 77.8 cm³/mol. The summed E-state index contributed by atoms with van der Waals surface area (Å²) in [6, 6.07) is 3.67. The molecule has 2 aromatic heterocycles. The van der Waals surface area contributed by atoms with Gasteiger partial charge in [0.05, 0.1) is 11.8 Å². The second kappa shape index (κ2) is 5.71. The van der Waals surface area contributed by atoms with Crippen molar-refractivity contribution >= 4 is 17.0 Å². The van der Waals surface area contributed by atoms with Gasteiger partial charge in [-0.3, -0.25) is 4.79 Å². The first-order valence-corrected chi connectivity index (χ1v) is 7.29. The molecule has 0 unspecified atom stereocenters. The molecule has 1 saturated heterocycles. The summed E-state index contributed by atoms with van der Waals surface area (Å²) in [4.78, 5) is 14.6. The average Bonchev–Trinajstić information content (AvgIpc) is 3.03. The second-order valence-corrected chi connectivity index (χ2v) is 5.42. The van der Waals surface area contributed by atoms with Crippen LogP contribution in [0.5, 0.6) is 0 Å². The number of aromatic nitrogens is 1. The minimum atomic E-state index is -0.0316.